The maximum Gasteiger partial charge on any atom is 0.193 e. The van der Waals surface area contributed by atoms with Crippen molar-refractivity contribution < 1.29 is 9.31 Å². The largest absolute Gasteiger partial charge is 0.498 e. The molecule has 0 bridgehead atoms. The summed E-state index contributed by atoms with van der Waals surface area (Å²) in [4.78, 5) is 3.71. The van der Waals surface area contributed by atoms with Crippen LogP contribution < -0.4 is 0 Å². The van der Waals surface area contributed by atoms with E-state index in [0.29, 0.717) is 12.0 Å². The van der Waals surface area contributed by atoms with Gasteiger partial charge in [0.1, 0.15) is 12.3 Å². The predicted molar refractivity (Wildman–Crippen MR) is 87.3 cm³/mol. The molecule has 3 heteroatoms. The van der Waals surface area contributed by atoms with Crippen molar-refractivity contribution in [1.82, 2.24) is 4.98 Å². The fourth-order valence-electron chi connectivity index (χ4n) is 4.51. The molecule has 1 N–H and O–H groups in total. The number of benzene rings is 1. The summed E-state index contributed by atoms with van der Waals surface area (Å²) in [6.45, 7) is 4.11. The standard InChI is InChI=1S/C19H21N2O/c1-12-16-11-21-8-6-15-14-4-2-3-5-17(14)20-19(15)18(21)10-13(16)7-9-22-12/h2-5,11,13,18,20H,6-10H2,1H3/q+1/t13-,18-/m0/s1. The highest BCUT2D eigenvalue weighted by molar-refractivity contribution is 5.85. The molecular formula is C19H21N2O+. The molecule has 0 radical (unpaired) electrons. The van der Waals surface area contributed by atoms with Crippen LogP contribution in [0.15, 0.2) is 35.6 Å². The van der Waals surface area contributed by atoms with Gasteiger partial charge in [-0.25, -0.2) is 4.58 Å². The first-order valence-corrected chi connectivity index (χ1v) is 8.35. The average Bonchev–Trinajstić information content (AvgIpc) is 2.93. The van der Waals surface area contributed by atoms with E-state index in [1.54, 1.807) is 5.56 Å². The zero-order chi connectivity index (χ0) is 14.7. The predicted octanol–water partition coefficient (Wildman–Crippen LogP) is 3.56. The van der Waals surface area contributed by atoms with E-state index < -0.39 is 0 Å². The molecule has 3 nitrogen and oxygen atoms in total. The van der Waals surface area contributed by atoms with E-state index in [9.17, 15) is 0 Å². The smallest absolute Gasteiger partial charge is 0.193 e. The number of rotatable bonds is 0. The first-order valence-electron chi connectivity index (χ1n) is 8.35. The number of nitrogens with one attached hydrogen (secondary N) is 1. The van der Waals surface area contributed by atoms with Gasteiger partial charge in [-0.15, -0.1) is 0 Å². The van der Waals surface area contributed by atoms with Crippen molar-refractivity contribution in [2.24, 2.45) is 5.92 Å². The number of para-hydroxylation sites is 1. The van der Waals surface area contributed by atoms with Crippen molar-refractivity contribution in [3.8, 4) is 0 Å². The summed E-state index contributed by atoms with van der Waals surface area (Å²) in [7, 11) is 0. The lowest BCUT2D eigenvalue weighted by Gasteiger charge is -2.33. The van der Waals surface area contributed by atoms with E-state index >= 15 is 0 Å². The highest BCUT2D eigenvalue weighted by atomic mass is 16.5. The van der Waals surface area contributed by atoms with Gasteiger partial charge in [0.2, 0.25) is 0 Å². The van der Waals surface area contributed by atoms with Crippen LogP contribution in [0.5, 0.6) is 0 Å². The Balaban J connectivity index is 1.67. The number of fused-ring (bicyclic) bond motifs is 6. The van der Waals surface area contributed by atoms with E-state index in [0.717, 1.165) is 31.8 Å². The lowest BCUT2D eigenvalue weighted by Crippen LogP contribution is -2.37. The number of hydrogen-bond donors (Lipinski definition) is 1. The molecule has 0 amide bonds. The average molecular weight is 293 g/mol. The van der Waals surface area contributed by atoms with Crippen LogP contribution >= 0.6 is 0 Å². The van der Waals surface area contributed by atoms with E-state index in [2.05, 4.69) is 47.0 Å². The molecule has 112 valence electrons. The minimum atomic E-state index is 0.510. The molecule has 0 saturated heterocycles. The van der Waals surface area contributed by atoms with Gasteiger partial charge in [0.25, 0.3) is 0 Å². The summed E-state index contributed by atoms with van der Waals surface area (Å²) < 4.78 is 8.29. The minimum Gasteiger partial charge on any atom is -0.498 e. The summed E-state index contributed by atoms with van der Waals surface area (Å²) in [6.07, 6.45) is 5.88. The third-order valence-electron chi connectivity index (χ3n) is 5.64. The van der Waals surface area contributed by atoms with Crippen LogP contribution in [0.2, 0.25) is 0 Å². The Morgan fingerprint density at radius 1 is 1.27 bits per heavy atom. The Labute approximate surface area is 130 Å². The normalized spacial score (nSPS) is 26.9. The van der Waals surface area contributed by atoms with Gasteiger partial charge in [-0.3, -0.25) is 0 Å². The molecule has 3 aliphatic rings. The number of aromatic nitrogens is 1. The van der Waals surface area contributed by atoms with Gasteiger partial charge in [0.15, 0.2) is 12.3 Å². The number of allylic oxidation sites excluding steroid dienone is 2. The zero-order valence-electron chi connectivity index (χ0n) is 12.9. The van der Waals surface area contributed by atoms with Gasteiger partial charge in [-0.05, 0) is 25.0 Å². The number of ether oxygens (including phenoxy) is 1. The monoisotopic (exact) mass is 293 g/mol. The van der Waals surface area contributed by atoms with E-state index in [4.69, 9.17) is 4.74 Å². The van der Waals surface area contributed by atoms with Gasteiger partial charge >= 0.3 is 0 Å². The van der Waals surface area contributed by atoms with Crippen molar-refractivity contribution in [3.05, 3.63) is 46.9 Å². The van der Waals surface area contributed by atoms with E-state index in [-0.39, 0.29) is 0 Å². The van der Waals surface area contributed by atoms with Crippen molar-refractivity contribution in [3.63, 3.8) is 0 Å². The molecule has 0 fully saturated rings. The first-order chi connectivity index (χ1) is 10.8. The summed E-state index contributed by atoms with van der Waals surface area (Å²) in [5, 5.41) is 1.42. The Morgan fingerprint density at radius 3 is 3.14 bits per heavy atom. The van der Waals surface area contributed by atoms with Gasteiger partial charge in [-0.2, -0.15) is 0 Å². The summed E-state index contributed by atoms with van der Waals surface area (Å²) >= 11 is 0. The maximum absolute atomic E-state index is 5.76. The second-order valence-electron chi connectivity index (χ2n) is 6.78. The first kappa shape index (κ1) is 12.5. The van der Waals surface area contributed by atoms with Crippen LogP contribution in [0.1, 0.15) is 37.1 Å². The molecule has 0 spiro atoms. The van der Waals surface area contributed by atoms with Crippen LogP contribution in [0.4, 0.5) is 0 Å². The molecule has 2 atom stereocenters. The molecule has 0 saturated carbocycles. The van der Waals surface area contributed by atoms with Gasteiger partial charge < -0.3 is 9.72 Å². The summed E-state index contributed by atoms with van der Waals surface area (Å²) in [5.74, 6) is 1.80. The Bertz CT molecular complexity index is 827. The molecule has 2 aromatic rings. The molecular weight excluding hydrogens is 272 g/mol. The third kappa shape index (κ3) is 1.65. The molecule has 22 heavy (non-hydrogen) atoms. The molecule has 4 heterocycles. The van der Waals surface area contributed by atoms with Crippen molar-refractivity contribution in [2.45, 2.75) is 32.2 Å². The molecule has 0 unspecified atom stereocenters. The van der Waals surface area contributed by atoms with E-state index in [1.807, 2.05) is 0 Å². The van der Waals surface area contributed by atoms with Crippen LogP contribution in [0.25, 0.3) is 10.9 Å². The van der Waals surface area contributed by atoms with Crippen molar-refractivity contribution in [1.29, 1.82) is 0 Å². The van der Waals surface area contributed by atoms with Crippen LogP contribution in [-0.4, -0.2) is 28.9 Å². The second-order valence-corrected chi connectivity index (χ2v) is 6.78. The van der Waals surface area contributed by atoms with Gasteiger partial charge in [0.05, 0.1) is 17.9 Å². The maximum atomic E-state index is 5.76. The quantitative estimate of drug-likeness (QED) is 0.739. The molecule has 0 aliphatic carbocycles. The number of aromatic amines is 1. The van der Waals surface area contributed by atoms with E-state index in [1.165, 1.54) is 28.6 Å². The number of H-pyrrole nitrogens is 1. The second kappa shape index (κ2) is 4.48. The zero-order valence-corrected chi connectivity index (χ0v) is 12.9. The molecule has 5 rings (SSSR count). The minimum absolute atomic E-state index is 0.510. The number of hydrogen-bond acceptors (Lipinski definition) is 1. The highest BCUT2D eigenvalue weighted by Crippen LogP contribution is 2.41. The molecule has 3 aliphatic heterocycles. The molecule has 1 aromatic carbocycles. The topological polar surface area (TPSA) is 28.0 Å². The van der Waals surface area contributed by atoms with Crippen LogP contribution in [0.3, 0.4) is 0 Å². The summed E-state index contributed by atoms with van der Waals surface area (Å²) in [5.41, 5.74) is 5.72. The number of nitrogens with zero attached hydrogens (tertiary/aromatic N) is 1. The Kier molecular flexibility index (Phi) is 2.55. The fraction of sp³-hybridized carbons (Fsp3) is 0.421. The van der Waals surface area contributed by atoms with Crippen molar-refractivity contribution in [2.75, 3.05) is 13.2 Å². The molecule has 1 aromatic heterocycles. The van der Waals surface area contributed by atoms with Gasteiger partial charge in [-0.1, -0.05) is 18.2 Å². The lowest BCUT2D eigenvalue weighted by atomic mass is 9.81. The summed E-state index contributed by atoms with van der Waals surface area (Å²) in [6, 6.07) is 9.25. The van der Waals surface area contributed by atoms with Crippen LogP contribution in [0, 0.1) is 5.92 Å². The fourth-order valence-corrected chi connectivity index (χ4v) is 4.51. The van der Waals surface area contributed by atoms with Crippen molar-refractivity contribution >= 4 is 17.1 Å². The SMILES string of the molecule is CC1=C2C=[N+]3CCc4c([nH]c5ccccc45)[C@@H]3C[C@@H]2CCO1. The van der Waals surface area contributed by atoms with Gasteiger partial charge in [0, 0.05) is 29.7 Å². The Hall–Kier alpha value is -2.03. The third-order valence-corrected chi connectivity index (χ3v) is 5.64. The highest BCUT2D eigenvalue weighted by Gasteiger charge is 2.41. The Morgan fingerprint density at radius 2 is 2.18 bits per heavy atom. The lowest BCUT2D eigenvalue weighted by molar-refractivity contribution is -0.578. The van der Waals surface area contributed by atoms with Crippen LogP contribution in [-0.2, 0) is 11.2 Å².